The molecule has 0 saturated carbocycles. The van der Waals surface area contributed by atoms with Crippen molar-refractivity contribution in [2.75, 3.05) is 10.5 Å². The number of aromatic hydroxyl groups is 1. The number of hydrogen-bond acceptors (Lipinski definition) is 6. The van der Waals surface area contributed by atoms with Gasteiger partial charge < -0.3 is 10.2 Å². The quantitative estimate of drug-likeness (QED) is 0.393. The summed E-state index contributed by atoms with van der Waals surface area (Å²) in [5.41, 5.74) is -1.34. The number of anilines is 1. The van der Waals surface area contributed by atoms with Crippen molar-refractivity contribution in [1.29, 1.82) is 0 Å². The van der Waals surface area contributed by atoms with Gasteiger partial charge in [0, 0.05) is 6.07 Å². The van der Waals surface area contributed by atoms with Gasteiger partial charge in [0.1, 0.15) is 5.75 Å². The first-order valence-corrected chi connectivity index (χ1v) is 6.07. The first kappa shape index (κ1) is 13.7. The lowest BCUT2D eigenvalue weighted by atomic mass is 10.2. The molecule has 0 aromatic heterocycles. The minimum atomic E-state index is -4.33. The number of nitro groups is 1. The second-order valence-electron chi connectivity index (χ2n) is 3.18. The monoisotopic (exact) mass is 276 g/mol. The van der Waals surface area contributed by atoms with Crippen LogP contribution in [0.3, 0.4) is 0 Å². The third-order valence-electron chi connectivity index (χ3n) is 1.79. The number of sulfonamides is 1. The number of phenolic OH excluding ortho intramolecular Hbond substituents is 1. The number of benzene rings is 1. The van der Waals surface area contributed by atoms with Crippen LogP contribution in [0.15, 0.2) is 18.2 Å². The van der Waals surface area contributed by atoms with Gasteiger partial charge in [0.25, 0.3) is 5.69 Å². The Morgan fingerprint density at radius 2 is 2.06 bits per heavy atom. The third-order valence-corrected chi connectivity index (χ3v) is 2.93. The Kier molecular flexibility index (Phi) is 3.71. The Morgan fingerprint density at radius 3 is 2.56 bits per heavy atom. The minimum Gasteiger partial charge on any atom is -0.505 e. The van der Waals surface area contributed by atoms with Crippen LogP contribution in [0.5, 0.6) is 5.75 Å². The number of hydrogen-bond donors (Lipinski definition) is 3. The maximum absolute atomic E-state index is 11.3. The Morgan fingerprint density at radius 1 is 1.44 bits per heavy atom. The Balaban J connectivity index is 3.19. The summed E-state index contributed by atoms with van der Waals surface area (Å²) in [6, 6.07) is 3.16. The molecule has 0 spiro atoms. The van der Waals surface area contributed by atoms with Gasteiger partial charge in [-0.05, 0) is 6.07 Å². The van der Waals surface area contributed by atoms with E-state index in [1.54, 1.807) is 4.72 Å². The second kappa shape index (κ2) is 4.87. The highest BCUT2D eigenvalue weighted by molar-refractivity contribution is 7.93. The van der Waals surface area contributed by atoms with Crippen molar-refractivity contribution in [2.24, 2.45) is 0 Å². The molecule has 1 aromatic rings. The molecule has 0 radical (unpaired) electrons. The van der Waals surface area contributed by atoms with E-state index in [-0.39, 0.29) is 0 Å². The average molecular weight is 276 g/mol. The van der Waals surface area contributed by atoms with Crippen LogP contribution in [-0.2, 0) is 14.8 Å². The summed E-state index contributed by atoms with van der Waals surface area (Å²) in [6.07, 6.45) is 0. The van der Waals surface area contributed by atoms with Crippen molar-refractivity contribution >= 4 is 27.4 Å². The first-order chi connectivity index (χ1) is 8.23. The number of carboxylic acid groups (broad SMARTS) is 1. The fraction of sp³-hybridized carbons (Fsp3) is 0.125. The van der Waals surface area contributed by atoms with Crippen molar-refractivity contribution in [2.45, 2.75) is 0 Å². The maximum atomic E-state index is 11.3. The van der Waals surface area contributed by atoms with E-state index < -0.39 is 43.8 Å². The molecule has 18 heavy (non-hydrogen) atoms. The molecule has 3 N–H and O–H groups in total. The van der Waals surface area contributed by atoms with Gasteiger partial charge in [-0.3, -0.25) is 19.6 Å². The molecule has 0 unspecified atom stereocenters. The Labute approximate surface area is 101 Å². The van der Waals surface area contributed by atoms with Crippen LogP contribution in [-0.4, -0.2) is 35.3 Å². The summed E-state index contributed by atoms with van der Waals surface area (Å²) in [7, 11) is -4.33. The molecule has 0 aliphatic carbocycles. The zero-order valence-corrected chi connectivity index (χ0v) is 9.55. The van der Waals surface area contributed by atoms with E-state index >= 15 is 0 Å². The van der Waals surface area contributed by atoms with Gasteiger partial charge in [-0.15, -0.1) is 0 Å². The maximum Gasteiger partial charge on any atom is 0.320 e. The predicted octanol–water partition coefficient (Wildman–Crippen LogP) is 0.127. The number of aliphatic carboxylic acids is 1. The second-order valence-corrected chi connectivity index (χ2v) is 4.91. The summed E-state index contributed by atoms with van der Waals surface area (Å²) < 4.78 is 24.3. The number of nitrogens with one attached hydrogen (secondary N) is 1. The third kappa shape index (κ3) is 3.31. The minimum absolute atomic E-state index is 0.663. The number of nitro benzene ring substituents is 1. The molecule has 0 bridgehead atoms. The van der Waals surface area contributed by atoms with Crippen LogP contribution < -0.4 is 4.72 Å². The van der Waals surface area contributed by atoms with E-state index in [0.29, 0.717) is 0 Å². The highest BCUT2D eigenvalue weighted by atomic mass is 32.2. The normalized spacial score (nSPS) is 10.9. The number of nitrogens with zero attached hydrogens (tertiary/aromatic N) is 1. The van der Waals surface area contributed by atoms with E-state index in [4.69, 9.17) is 5.11 Å². The number of para-hydroxylation sites is 1. The largest absolute Gasteiger partial charge is 0.505 e. The average Bonchev–Trinajstić information content (AvgIpc) is 2.18. The lowest BCUT2D eigenvalue weighted by Crippen LogP contribution is -2.22. The van der Waals surface area contributed by atoms with Gasteiger partial charge in [-0.25, -0.2) is 8.42 Å². The van der Waals surface area contributed by atoms with Gasteiger partial charge in [-0.2, -0.15) is 0 Å². The topological polar surface area (TPSA) is 147 Å². The summed E-state index contributed by atoms with van der Waals surface area (Å²) in [5, 5.41) is 28.3. The van der Waals surface area contributed by atoms with E-state index in [9.17, 15) is 28.4 Å². The van der Waals surface area contributed by atoms with Gasteiger partial charge in [-0.1, -0.05) is 6.07 Å². The molecular formula is C8H8N2O7S. The Bertz CT molecular complexity index is 595. The molecule has 0 heterocycles. The smallest absolute Gasteiger partial charge is 0.320 e. The number of carboxylic acids is 1. The van der Waals surface area contributed by atoms with E-state index in [2.05, 4.69) is 0 Å². The van der Waals surface area contributed by atoms with Crippen molar-refractivity contribution in [3.05, 3.63) is 28.3 Å². The summed E-state index contributed by atoms with van der Waals surface area (Å²) in [5.74, 6) is -3.56. The molecule has 1 aromatic carbocycles. The molecule has 0 amide bonds. The fourth-order valence-electron chi connectivity index (χ4n) is 1.14. The molecule has 0 fully saturated rings. The van der Waals surface area contributed by atoms with Crippen LogP contribution in [0, 0.1) is 10.1 Å². The molecular weight excluding hydrogens is 268 g/mol. The summed E-state index contributed by atoms with van der Waals surface area (Å²) in [6.45, 7) is 0. The molecule has 98 valence electrons. The Hall–Kier alpha value is -2.36. The predicted molar refractivity (Wildman–Crippen MR) is 59.8 cm³/mol. The molecule has 1 rings (SSSR count). The molecule has 0 atom stereocenters. The van der Waals surface area contributed by atoms with Crippen molar-refractivity contribution in [3.8, 4) is 5.75 Å². The van der Waals surface area contributed by atoms with Crippen molar-refractivity contribution < 1.29 is 28.3 Å². The first-order valence-electron chi connectivity index (χ1n) is 4.41. The highest BCUT2D eigenvalue weighted by Crippen LogP contribution is 2.33. The van der Waals surface area contributed by atoms with Gasteiger partial charge >= 0.3 is 5.97 Å². The summed E-state index contributed by atoms with van der Waals surface area (Å²) in [4.78, 5) is 20.0. The van der Waals surface area contributed by atoms with Crippen LogP contribution in [0.1, 0.15) is 0 Å². The zero-order valence-electron chi connectivity index (χ0n) is 8.73. The lowest BCUT2D eigenvalue weighted by Gasteiger charge is -2.08. The standard InChI is InChI=1S/C8H8N2O7S/c11-6-3-1-2-5(10(14)15)8(6)9-18(16,17)4-7(12)13/h1-3,9,11H,4H2,(H,12,13). The van der Waals surface area contributed by atoms with Crippen LogP contribution in [0.25, 0.3) is 0 Å². The van der Waals surface area contributed by atoms with Gasteiger partial charge in [0.2, 0.25) is 10.0 Å². The van der Waals surface area contributed by atoms with E-state index in [1.165, 1.54) is 0 Å². The van der Waals surface area contributed by atoms with Gasteiger partial charge in [0.15, 0.2) is 11.4 Å². The van der Waals surface area contributed by atoms with E-state index in [1.807, 2.05) is 0 Å². The molecule has 0 aliphatic rings. The molecule has 10 heteroatoms. The fourth-order valence-corrected chi connectivity index (χ4v) is 2.06. The highest BCUT2D eigenvalue weighted by Gasteiger charge is 2.24. The van der Waals surface area contributed by atoms with Crippen LogP contribution in [0.4, 0.5) is 11.4 Å². The molecule has 9 nitrogen and oxygen atoms in total. The SMILES string of the molecule is O=C(O)CS(=O)(=O)Nc1c(O)cccc1[N+](=O)[O-]. The zero-order chi connectivity index (χ0) is 13.9. The van der Waals surface area contributed by atoms with E-state index in [0.717, 1.165) is 18.2 Å². The summed E-state index contributed by atoms with van der Waals surface area (Å²) >= 11 is 0. The number of phenols is 1. The van der Waals surface area contributed by atoms with Crippen LogP contribution >= 0.6 is 0 Å². The van der Waals surface area contributed by atoms with Crippen LogP contribution in [0.2, 0.25) is 0 Å². The lowest BCUT2D eigenvalue weighted by molar-refractivity contribution is -0.383. The van der Waals surface area contributed by atoms with Gasteiger partial charge in [0.05, 0.1) is 4.92 Å². The van der Waals surface area contributed by atoms with Crippen molar-refractivity contribution in [3.63, 3.8) is 0 Å². The molecule has 0 aliphatic heterocycles. The number of rotatable bonds is 5. The molecule has 0 saturated heterocycles. The van der Waals surface area contributed by atoms with Crippen molar-refractivity contribution in [1.82, 2.24) is 0 Å². The number of carbonyl (C=O) groups is 1.